The molecule has 0 bridgehead atoms. The molecule has 2 fully saturated rings. The van der Waals surface area contributed by atoms with Crippen molar-refractivity contribution in [2.45, 2.75) is 51.0 Å². The minimum Gasteiger partial charge on any atom is -0.491 e. The fraction of sp³-hybridized carbons (Fsp3) is 0.640. The van der Waals surface area contributed by atoms with Gasteiger partial charge in [0.1, 0.15) is 19.0 Å². The smallest absolute Gasteiger partial charge is 0.305 e. The third-order valence-electron chi connectivity index (χ3n) is 6.69. The average molecular weight is 478 g/mol. The number of nitrogens with one attached hydrogen (secondary N) is 2. The Morgan fingerprint density at radius 2 is 1.91 bits per heavy atom. The van der Waals surface area contributed by atoms with Crippen molar-refractivity contribution in [3.05, 3.63) is 29.8 Å². The molecule has 0 radical (unpaired) electrons. The number of amides is 2. The zero-order valence-electron chi connectivity index (χ0n) is 19.6. The zero-order chi connectivity index (χ0) is 24.3. The Morgan fingerprint density at radius 3 is 2.59 bits per heavy atom. The number of aliphatic carboxylic acids is 1. The Bertz CT molecular complexity index is 813. The quantitative estimate of drug-likeness (QED) is 0.452. The van der Waals surface area contributed by atoms with E-state index in [1.165, 1.54) is 0 Å². The van der Waals surface area contributed by atoms with E-state index in [0.717, 1.165) is 38.8 Å². The van der Waals surface area contributed by atoms with Gasteiger partial charge in [-0.25, -0.2) is 4.39 Å². The van der Waals surface area contributed by atoms with E-state index in [1.54, 1.807) is 29.2 Å². The molecule has 1 aromatic rings. The third-order valence-corrected chi connectivity index (χ3v) is 6.69. The van der Waals surface area contributed by atoms with Crippen LogP contribution in [0.5, 0.6) is 5.75 Å². The maximum absolute atomic E-state index is 13.0. The van der Waals surface area contributed by atoms with Crippen LogP contribution in [-0.2, 0) is 14.4 Å². The molecule has 0 aromatic heterocycles. The second kappa shape index (κ2) is 13.3. The van der Waals surface area contributed by atoms with E-state index in [0.29, 0.717) is 43.2 Å². The predicted molar refractivity (Wildman–Crippen MR) is 125 cm³/mol. The van der Waals surface area contributed by atoms with Crippen molar-refractivity contribution in [3.63, 3.8) is 0 Å². The highest BCUT2D eigenvalue weighted by Gasteiger charge is 2.30. The number of piperidine rings is 2. The fourth-order valence-corrected chi connectivity index (χ4v) is 4.74. The first-order chi connectivity index (χ1) is 16.5. The van der Waals surface area contributed by atoms with Crippen molar-refractivity contribution in [2.75, 3.05) is 39.5 Å². The van der Waals surface area contributed by atoms with Gasteiger partial charge in [0, 0.05) is 19.5 Å². The lowest BCUT2D eigenvalue weighted by molar-refractivity contribution is -0.138. The summed E-state index contributed by atoms with van der Waals surface area (Å²) in [5.41, 5.74) is 0.633. The number of likely N-dealkylation sites (tertiary alicyclic amines) is 1. The summed E-state index contributed by atoms with van der Waals surface area (Å²) >= 11 is 0. The molecule has 2 atom stereocenters. The molecule has 3 rings (SSSR count). The van der Waals surface area contributed by atoms with Gasteiger partial charge in [-0.3, -0.25) is 14.4 Å². The SMILES string of the molecule is O=C(O)C[C@H](NC(=O)[C@@H]1CCCN(C(=O)CCC2CCNCC2)C1)c1ccc(OCCF)cc1. The topological polar surface area (TPSA) is 108 Å². The van der Waals surface area contributed by atoms with Gasteiger partial charge in [0.05, 0.1) is 18.4 Å². The number of alkyl halides is 1. The van der Waals surface area contributed by atoms with Crippen LogP contribution in [-0.4, -0.2) is 67.3 Å². The van der Waals surface area contributed by atoms with E-state index in [2.05, 4.69) is 10.6 Å². The van der Waals surface area contributed by atoms with Gasteiger partial charge in [0.25, 0.3) is 0 Å². The number of benzene rings is 1. The third kappa shape index (κ3) is 7.97. The minimum atomic E-state index is -1.03. The molecule has 8 nitrogen and oxygen atoms in total. The number of halogens is 1. The summed E-state index contributed by atoms with van der Waals surface area (Å²) in [6.07, 6.45) is 4.76. The van der Waals surface area contributed by atoms with Crippen LogP contribution < -0.4 is 15.4 Å². The summed E-state index contributed by atoms with van der Waals surface area (Å²) in [5.74, 6) is -0.462. The van der Waals surface area contributed by atoms with Gasteiger partial charge in [0.15, 0.2) is 0 Å². The first-order valence-corrected chi connectivity index (χ1v) is 12.3. The second-order valence-electron chi connectivity index (χ2n) is 9.18. The van der Waals surface area contributed by atoms with E-state index < -0.39 is 18.7 Å². The summed E-state index contributed by atoms with van der Waals surface area (Å²) < 4.78 is 17.5. The maximum atomic E-state index is 13.0. The summed E-state index contributed by atoms with van der Waals surface area (Å²) in [6, 6.07) is 5.93. The van der Waals surface area contributed by atoms with E-state index in [1.807, 2.05) is 0 Å². The van der Waals surface area contributed by atoms with Crippen molar-refractivity contribution in [3.8, 4) is 5.75 Å². The number of hydrogen-bond acceptors (Lipinski definition) is 5. The molecular weight excluding hydrogens is 441 g/mol. The molecule has 2 saturated heterocycles. The molecule has 9 heteroatoms. The molecule has 0 unspecified atom stereocenters. The molecule has 0 spiro atoms. The van der Waals surface area contributed by atoms with Gasteiger partial charge in [-0.15, -0.1) is 0 Å². The van der Waals surface area contributed by atoms with E-state index in [9.17, 15) is 23.9 Å². The molecule has 0 aliphatic carbocycles. The number of carboxylic acids is 1. The largest absolute Gasteiger partial charge is 0.491 e. The van der Waals surface area contributed by atoms with Crippen LogP contribution >= 0.6 is 0 Å². The van der Waals surface area contributed by atoms with Crippen molar-refractivity contribution in [1.82, 2.24) is 15.5 Å². The van der Waals surface area contributed by atoms with Crippen LogP contribution in [0.25, 0.3) is 0 Å². The van der Waals surface area contributed by atoms with Crippen LogP contribution in [0.2, 0.25) is 0 Å². The number of ether oxygens (including phenoxy) is 1. The van der Waals surface area contributed by atoms with Gasteiger partial charge in [-0.2, -0.15) is 0 Å². The molecule has 0 saturated carbocycles. The van der Waals surface area contributed by atoms with Gasteiger partial charge in [-0.05, 0) is 68.8 Å². The zero-order valence-corrected chi connectivity index (χ0v) is 19.6. The standard InChI is InChI=1S/C25H36FN3O5/c26-11-15-34-21-6-4-19(5-7-21)22(16-24(31)32)28-25(33)20-2-1-14-29(17-20)23(30)8-3-18-9-12-27-13-10-18/h4-7,18,20,22,27H,1-3,8-17H2,(H,28,33)(H,31,32)/t20-,22+/m1/s1. The van der Waals surface area contributed by atoms with E-state index in [-0.39, 0.29) is 30.8 Å². The number of hydrogen-bond donors (Lipinski definition) is 3. The minimum absolute atomic E-state index is 0.0522. The molecular formula is C25H36FN3O5. The normalized spacial score (nSPS) is 19.9. The molecule has 2 aliphatic rings. The Balaban J connectivity index is 1.55. The molecule has 3 N–H and O–H groups in total. The molecule has 188 valence electrons. The number of nitrogens with zero attached hydrogens (tertiary/aromatic N) is 1. The molecule has 1 aromatic carbocycles. The summed E-state index contributed by atoms with van der Waals surface area (Å²) in [5, 5.41) is 15.6. The Labute approximate surface area is 200 Å². The summed E-state index contributed by atoms with van der Waals surface area (Å²) in [4.78, 5) is 39.0. The van der Waals surface area contributed by atoms with E-state index >= 15 is 0 Å². The summed E-state index contributed by atoms with van der Waals surface area (Å²) in [7, 11) is 0. The van der Waals surface area contributed by atoms with Crippen LogP contribution in [0.3, 0.4) is 0 Å². The Kier molecular flexibility index (Phi) is 10.1. The van der Waals surface area contributed by atoms with E-state index in [4.69, 9.17) is 4.74 Å². The van der Waals surface area contributed by atoms with Crippen molar-refractivity contribution in [2.24, 2.45) is 11.8 Å². The molecule has 2 heterocycles. The number of carboxylic acid groups (broad SMARTS) is 1. The van der Waals surface area contributed by atoms with Crippen LogP contribution in [0.1, 0.15) is 56.6 Å². The highest BCUT2D eigenvalue weighted by Crippen LogP contribution is 2.24. The second-order valence-corrected chi connectivity index (χ2v) is 9.18. The fourth-order valence-electron chi connectivity index (χ4n) is 4.74. The summed E-state index contributed by atoms with van der Waals surface area (Å²) in [6.45, 7) is 2.40. The van der Waals surface area contributed by atoms with Crippen LogP contribution in [0.15, 0.2) is 24.3 Å². The number of rotatable bonds is 11. The predicted octanol–water partition coefficient (Wildman–Crippen LogP) is 2.69. The molecule has 2 aliphatic heterocycles. The van der Waals surface area contributed by atoms with Gasteiger partial charge in [0.2, 0.25) is 11.8 Å². The lowest BCUT2D eigenvalue weighted by Crippen LogP contribution is -2.46. The highest BCUT2D eigenvalue weighted by atomic mass is 19.1. The lowest BCUT2D eigenvalue weighted by atomic mass is 9.92. The Morgan fingerprint density at radius 1 is 1.18 bits per heavy atom. The van der Waals surface area contributed by atoms with Gasteiger partial charge >= 0.3 is 5.97 Å². The number of carbonyl (C=O) groups is 3. The molecule has 2 amide bonds. The van der Waals surface area contributed by atoms with Crippen molar-refractivity contribution < 1.29 is 28.6 Å². The van der Waals surface area contributed by atoms with Crippen LogP contribution in [0, 0.1) is 11.8 Å². The van der Waals surface area contributed by atoms with Crippen LogP contribution in [0.4, 0.5) is 4.39 Å². The average Bonchev–Trinajstić information content (AvgIpc) is 2.86. The first-order valence-electron chi connectivity index (χ1n) is 12.3. The first kappa shape index (κ1) is 25.9. The molecule has 34 heavy (non-hydrogen) atoms. The number of carbonyl (C=O) groups excluding carboxylic acids is 2. The monoisotopic (exact) mass is 477 g/mol. The highest BCUT2D eigenvalue weighted by molar-refractivity contribution is 5.82. The Hall–Kier alpha value is -2.68. The van der Waals surface area contributed by atoms with Crippen molar-refractivity contribution in [1.29, 1.82) is 0 Å². The lowest BCUT2D eigenvalue weighted by Gasteiger charge is -2.33. The van der Waals surface area contributed by atoms with Crippen molar-refractivity contribution >= 4 is 17.8 Å². The van der Waals surface area contributed by atoms with Gasteiger partial charge < -0.3 is 25.4 Å². The van der Waals surface area contributed by atoms with Gasteiger partial charge in [-0.1, -0.05) is 12.1 Å². The maximum Gasteiger partial charge on any atom is 0.305 e.